The van der Waals surface area contributed by atoms with Gasteiger partial charge in [0.05, 0.1) is 20.0 Å². The van der Waals surface area contributed by atoms with Crippen molar-refractivity contribution in [1.82, 2.24) is 9.88 Å². The summed E-state index contributed by atoms with van der Waals surface area (Å²) >= 11 is 2.91. The Balaban J connectivity index is 1.24. The van der Waals surface area contributed by atoms with Crippen molar-refractivity contribution < 1.29 is 14.5 Å². The predicted octanol–water partition coefficient (Wildman–Crippen LogP) is 5.10. The van der Waals surface area contributed by atoms with Gasteiger partial charge in [0.15, 0.2) is 0 Å². The molecule has 2 aromatic carbocycles. The number of hydrogen-bond acceptors (Lipinski definition) is 7. The van der Waals surface area contributed by atoms with E-state index in [9.17, 15) is 14.9 Å². The van der Waals surface area contributed by atoms with E-state index in [1.165, 1.54) is 23.5 Å². The van der Waals surface area contributed by atoms with Crippen molar-refractivity contribution in [2.45, 2.75) is 18.9 Å². The molecule has 152 valence electrons. The molecular formula is C21H17N3O4S2. The van der Waals surface area contributed by atoms with Gasteiger partial charge in [-0.05, 0) is 24.3 Å². The number of ether oxygens (including phenoxy) is 1. The highest BCUT2D eigenvalue weighted by Crippen LogP contribution is 2.32. The Hall–Kier alpha value is -3.04. The number of non-ortho nitro benzene ring substituents is 1. The van der Waals surface area contributed by atoms with Crippen LogP contribution >= 0.6 is 22.7 Å². The molecule has 1 saturated heterocycles. The summed E-state index contributed by atoms with van der Waals surface area (Å²) in [5.74, 6) is -0.0303. The third kappa shape index (κ3) is 3.61. The Kier molecular flexibility index (Phi) is 4.84. The lowest BCUT2D eigenvalue weighted by Crippen LogP contribution is -2.41. The minimum absolute atomic E-state index is 0.0303. The number of benzene rings is 2. The van der Waals surface area contributed by atoms with Crippen molar-refractivity contribution >= 4 is 54.6 Å². The molecule has 0 atom stereocenters. The summed E-state index contributed by atoms with van der Waals surface area (Å²) in [6.07, 6.45) is 1.54. The maximum atomic E-state index is 12.9. The molecule has 30 heavy (non-hydrogen) atoms. The molecule has 1 aliphatic rings. The van der Waals surface area contributed by atoms with E-state index in [1.807, 2.05) is 29.2 Å². The second-order valence-electron chi connectivity index (χ2n) is 7.15. The Bertz CT molecular complexity index is 1220. The topological polar surface area (TPSA) is 85.6 Å². The maximum Gasteiger partial charge on any atom is 0.274 e. The number of piperidine rings is 1. The zero-order valence-corrected chi connectivity index (χ0v) is 17.4. The van der Waals surface area contributed by atoms with Crippen LogP contribution in [0.3, 0.4) is 0 Å². The van der Waals surface area contributed by atoms with Crippen LogP contribution in [-0.4, -0.2) is 39.9 Å². The largest absolute Gasteiger partial charge is 0.467 e. The third-order valence-electron chi connectivity index (χ3n) is 5.19. The number of fused-ring (bicyclic) bond motifs is 2. The fourth-order valence-corrected chi connectivity index (χ4v) is 5.52. The molecule has 2 aromatic heterocycles. The van der Waals surface area contributed by atoms with E-state index in [4.69, 9.17) is 4.74 Å². The van der Waals surface area contributed by atoms with Crippen LogP contribution in [0.1, 0.15) is 22.5 Å². The van der Waals surface area contributed by atoms with Gasteiger partial charge in [-0.25, -0.2) is 4.98 Å². The number of thiazole rings is 1. The first kappa shape index (κ1) is 19.0. The van der Waals surface area contributed by atoms with Crippen molar-refractivity contribution in [3.63, 3.8) is 0 Å². The lowest BCUT2D eigenvalue weighted by atomic mass is 10.1. The fourth-order valence-electron chi connectivity index (χ4n) is 3.63. The highest BCUT2D eigenvalue weighted by molar-refractivity contribution is 7.21. The number of nitro benzene ring substituents is 1. The van der Waals surface area contributed by atoms with E-state index in [0.717, 1.165) is 33.1 Å². The molecule has 1 fully saturated rings. The van der Waals surface area contributed by atoms with Gasteiger partial charge in [0.2, 0.25) is 0 Å². The highest BCUT2D eigenvalue weighted by atomic mass is 32.1. The van der Waals surface area contributed by atoms with Crippen molar-refractivity contribution in [2.75, 3.05) is 13.1 Å². The van der Waals surface area contributed by atoms with E-state index in [-0.39, 0.29) is 17.7 Å². The van der Waals surface area contributed by atoms with Gasteiger partial charge in [-0.15, -0.1) is 11.3 Å². The van der Waals surface area contributed by atoms with Gasteiger partial charge >= 0.3 is 0 Å². The van der Waals surface area contributed by atoms with E-state index in [1.54, 1.807) is 23.5 Å². The number of nitrogens with zero attached hydrogens (tertiary/aromatic N) is 3. The summed E-state index contributed by atoms with van der Waals surface area (Å²) in [5, 5.41) is 12.4. The van der Waals surface area contributed by atoms with Gasteiger partial charge in [0, 0.05) is 48.2 Å². The number of aromatic nitrogens is 1. The molecule has 1 aliphatic heterocycles. The molecule has 0 N–H and O–H groups in total. The van der Waals surface area contributed by atoms with E-state index in [0.29, 0.717) is 23.2 Å². The molecule has 5 rings (SSSR count). The number of likely N-dealkylation sites (tertiary alicyclic amines) is 1. The molecule has 0 unspecified atom stereocenters. The molecule has 4 aromatic rings. The van der Waals surface area contributed by atoms with Gasteiger partial charge in [-0.2, -0.15) is 0 Å². The average Bonchev–Trinajstić information content (AvgIpc) is 3.36. The van der Waals surface area contributed by atoms with Crippen LogP contribution in [0.4, 0.5) is 5.69 Å². The minimum Gasteiger partial charge on any atom is -0.467 e. The normalized spacial score (nSPS) is 15.0. The third-order valence-corrected chi connectivity index (χ3v) is 7.22. The lowest BCUT2D eigenvalue weighted by Gasteiger charge is -2.31. The summed E-state index contributed by atoms with van der Waals surface area (Å²) in [6.45, 7) is 1.23. The Morgan fingerprint density at radius 1 is 1.10 bits per heavy atom. The highest BCUT2D eigenvalue weighted by Gasteiger charge is 2.26. The van der Waals surface area contributed by atoms with Gasteiger partial charge in [0.25, 0.3) is 16.8 Å². The van der Waals surface area contributed by atoms with Crippen molar-refractivity contribution in [1.29, 1.82) is 0 Å². The first-order chi connectivity index (χ1) is 14.6. The molecule has 0 radical (unpaired) electrons. The first-order valence-electron chi connectivity index (χ1n) is 9.56. The number of hydrogen-bond donors (Lipinski definition) is 0. The van der Waals surface area contributed by atoms with Gasteiger partial charge < -0.3 is 9.64 Å². The number of thiophene rings is 1. The molecule has 1 amide bonds. The standard InChI is InChI=1S/C21H17N3O4S2/c25-20(19-12-13-11-14(24(26)27)5-6-17(13)29-19)23-9-7-15(8-10-23)28-21-22-16-3-1-2-4-18(16)30-21/h1-6,11-12,15H,7-10H2. The molecule has 0 bridgehead atoms. The number of amides is 1. The van der Waals surface area contributed by atoms with Crippen LogP contribution in [0, 0.1) is 10.1 Å². The maximum absolute atomic E-state index is 12.9. The number of rotatable bonds is 4. The van der Waals surface area contributed by atoms with Gasteiger partial charge in [-0.1, -0.05) is 23.5 Å². The van der Waals surface area contributed by atoms with Crippen molar-refractivity contribution in [3.05, 3.63) is 63.5 Å². The summed E-state index contributed by atoms with van der Waals surface area (Å²) in [5.41, 5.74) is 0.974. The van der Waals surface area contributed by atoms with Gasteiger partial charge in [0.1, 0.15) is 6.10 Å². The summed E-state index contributed by atoms with van der Waals surface area (Å²) in [7, 11) is 0. The summed E-state index contributed by atoms with van der Waals surface area (Å²) < 4.78 is 8.04. The van der Waals surface area contributed by atoms with Crippen LogP contribution in [0.5, 0.6) is 5.19 Å². The van der Waals surface area contributed by atoms with Crippen LogP contribution in [0.25, 0.3) is 20.3 Å². The monoisotopic (exact) mass is 439 g/mol. The van der Waals surface area contributed by atoms with E-state index in [2.05, 4.69) is 4.98 Å². The number of nitro groups is 1. The van der Waals surface area contributed by atoms with Crippen LogP contribution in [0.2, 0.25) is 0 Å². The molecule has 9 heteroatoms. The Labute approximate surface area is 179 Å². The first-order valence-corrected chi connectivity index (χ1v) is 11.2. The second-order valence-corrected chi connectivity index (χ2v) is 9.22. The molecular weight excluding hydrogens is 422 g/mol. The number of carbonyl (C=O) groups is 1. The molecule has 0 aliphatic carbocycles. The smallest absolute Gasteiger partial charge is 0.274 e. The van der Waals surface area contributed by atoms with Crippen molar-refractivity contribution in [2.24, 2.45) is 0 Å². The summed E-state index contributed by atoms with van der Waals surface area (Å²) in [6, 6.07) is 14.4. The van der Waals surface area contributed by atoms with Crippen LogP contribution in [-0.2, 0) is 0 Å². The summed E-state index contributed by atoms with van der Waals surface area (Å²) in [4.78, 5) is 30.4. The van der Waals surface area contributed by atoms with Crippen molar-refractivity contribution in [3.8, 4) is 5.19 Å². The molecule has 7 nitrogen and oxygen atoms in total. The molecule has 3 heterocycles. The fraction of sp³-hybridized carbons (Fsp3) is 0.238. The molecule has 0 spiro atoms. The number of para-hydroxylation sites is 1. The SMILES string of the molecule is O=C(c1cc2cc([N+](=O)[O-])ccc2s1)N1CCC(Oc2nc3ccccc3s2)CC1. The zero-order chi connectivity index (χ0) is 20.7. The molecule has 0 saturated carbocycles. The van der Waals surface area contributed by atoms with E-state index < -0.39 is 4.92 Å². The second kappa shape index (κ2) is 7.66. The Morgan fingerprint density at radius 3 is 2.67 bits per heavy atom. The average molecular weight is 440 g/mol. The zero-order valence-electron chi connectivity index (χ0n) is 15.8. The van der Waals surface area contributed by atoms with Crippen LogP contribution in [0.15, 0.2) is 48.5 Å². The number of carbonyl (C=O) groups excluding carboxylic acids is 1. The van der Waals surface area contributed by atoms with Gasteiger partial charge in [-0.3, -0.25) is 14.9 Å². The lowest BCUT2D eigenvalue weighted by molar-refractivity contribution is -0.384. The minimum atomic E-state index is -0.422. The van der Waals surface area contributed by atoms with E-state index >= 15 is 0 Å². The Morgan fingerprint density at radius 2 is 1.90 bits per heavy atom. The predicted molar refractivity (Wildman–Crippen MR) is 118 cm³/mol. The van der Waals surface area contributed by atoms with Crippen LogP contribution < -0.4 is 4.74 Å². The quantitative estimate of drug-likeness (QED) is 0.326.